The van der Waals surface area contributed by atoms with Gasteiger partial charge in [-0.3, -0.25) is 4.98 Å². The summed E-state index contributed by atoms with van der Waals surface area (Å²) in [5.74, 6) is 0.378. The van der Waals surface area contributed by atoms with Crippen LogP contribution in [0.4, 0.5) is 18.9 Å². The normalized spacial score (nSPS) is 19.5. The molecule has 9 nitrogen and oxygen atoms in total. The highest BCUT2D eigenvalue weighted by atomic mass is 19.4. The van der Waals surface area contributed by atoms with Gasteiger partial charge in [0.25, 0.3) is 0 Å². The number of anilines is 1. The van der Waals surface area contributed by atoms with Crippen molar-refractivity contribution >= 4 is 28.6 Å². The van der Waals surface area contributed by atoms with Crippen LogP contribution < -0.4 is 9.64 Å². The lowest BCUT2D eigenvalue weighted by atomic mass is 9.94. The zero-order valence-electron chi connectivity index (χ0n) is 24.3. The first-order valence-electron chi connectivity index (χ1n) is 15.1. The van der Waals surface area contributed by atoms with Crippen LogP contribution in [0.1, 0.15) is 65.5 Å². The fraction of sp³-hybridized carbons (Fsp3) is 0.394. The van der Waals surface area contributed by atoms with Crippen LogP contribution in [0.15, 0.2) is 53.2 Å². The molecule has 1 saturated carbocycles. The minimum absolute atomic E-state index is 0.0734. The molecule has 12 heteroatoms. The number of allylic oxidation sites excluding steroid dienone is 1. The number of carboxylic acids is 1. The number of hydrogen-bond donors (Lipinski definition) is 1. The Morgan fingerprint density at radius 2 is 1.91 bits per heavy atom. The number of benzene rings is 1. The monoisotopic (exact) mass is 620 g/mol. The van der Waals surface area contributed by atoms with E-state index < -0.39 is 17.8 Å². The number of piperidine rings is 1. The predicted molar refractivity (Wildman–Crippen MR) is 159 cm³/mol. The second kappa shape index (κ2) is 11.8. The molecule has 1 aromatic carbocycles. The molecule has 0 spiro atoms. The van der Waals surface area contributed by atoms with Crippen molar-refractivity contribution in [2.45, 2.75) is 50.3 Å². The van der Waals surface area contributed by atoms with E-state index in [1.54, 1.807) is 0 Å². The van der Waals surface area contributed by atoms with E-state index in [2.05, 4.69) is 26.1 Å². The van der Waals surface area contributed by atoms with Gasteiger partial charge in [0.05, 0.1) is 18.7 Å². The third-order valence-corrected chi connectivity index (χ3v) is 8.63. The fourth-order valence-electron chi connectivity index (χ4n) is 6.08. The Balaban J connectivity index is 1.10. The molecule has 3 fully saturated rings. The smallest absolute Gasteiger partial charge is 0.434 e. The largest absolute Gasteiger partial charge is 0.487 e. The van der Waals surface area contributed by atoms with Crippen molar-refractivity contribution in [3.05, 3.63) is 71.4 Å². The molecule has 1 atom stereocenters. The minimum atomic E-state index is -4.61. The Hall–Kier alpha value is -4.45. The number of ether oxygens (including phenoxy) is 2. The molecule has 1 N–H and O–H groups in total. The first-order chi connectivity index (χ1) is 21.7. The van der Waals surface area contributed by atoms with E-state index in [1.165, 1.54) is 18.2 Å². The van der Waals surface area contributed by atoms with Crippen LogP contribution >= 0.6 is 0 Å². The maximum atomic E-state index is 13.8. The highest BCUT2D eigenvalue weighted by Gasteiger charge is 2.38. The zero-order chi connectivity index (χ0) is 31.1. The summed E-state index contributed by atoms with van der Waals surface area (Å²) in [5, 5.41) is 14.4. The number of rotatable bonds is 8. The summed E-state index contributed by atoms with van der Waals surface area (Å²) in [5.41, 5.74) is 1.17. The van der Waals surface area contributed by atoms with Crippen molar-refractivity contribution in [2.24, 2.45) is 5.92 Å². The molecule has 4 aromatic rings. The standard InChI is InChI=1S/C33H31F3N4O5/c34-33(35,36)31-24(2-1-12-37-31)29-23(30(45-39-29)20-4-5-20)7-3-19-9-13-40(14-10-19)21-6-8-26-25(16-21)28(17-27(38-26)32(41)42)44-22-11-15-43-18-22/h1-3,6-8,12,16-17,19-20,22H,4-5,9-11,13-15,18H2,(H,41,42)/b7-3+/t22-/m1/s1. The second-order valence-electron chi connectivity index (χ2n) is 11.8. The van der Waals surface area contributed by atoms with Crippen molar-refractivity contribution in [1.29, 1.82) is 0 Å². The number of nitrogens with zero attached hydrogens (tertiary/aromatic N) is 4. The van der Waals surface area contributed by atoms with Gasteiger partial charge in [-0.1, -0.05) is 17.3 Å². The first-order valence-corrected chi connectivity index (χ1v) is 15.1. The molecular formula is C33H31F3N4O5. The molecule has 45 heavy (non-hydrogen) atoms. The Kier molecular flexibility index (Phi) is 7.68. The van der Waals surface area contributed by atoms with Crippen molar-refractivity contribution in [3.63, 3.8) is 0 Å². The van der Waals surface area contributed by atoms with Gasteiger partial charge in [-0.25, -0.2) is 9.78 Å². The lowest BCUT2D eigenvalue weighted by Gasteiger charge is -2.32. The highest BCUT2D eigenvalue weighted by Crippen LogP contribution is 2.46. The molecule has 0 radical (unpaired) electrons. The summed E-state index contributed by atoms with van der Waals surface area (Å²) in [6.07, 6.45) is 4.58. The molecule has 0 amide bonds. The van der Waals surface area contributed by atoms with Gasteiger partial charge < -0.3 is 24.0 Å². The number of hydrogen-bond acceptors (Lipinski definition) is 8. The Morgan fingerprint density at radius 3 is 2.62 bits per heavy atom. The fourth-order valence-corrected chi connectivity index (χ4v) is 6.08. The second-order valence-corrected chi connectivity index (χ2v) is 11.8. The van der Waals surface area contributed by atoms with Gasteiger partial charge >= 0.3 is 12.1 Å². The molecule has 1 aliphatic carbocycles. The summed E-state index contributed by atoms with van der Waals surface area (Å²) in [4.78, 5) is 21.9. The molecule has 7 rings (SSSR count). The van der Waals surface area contributed by atoms with E-state index in [0.29, 0.717) is 35.8 Å². The van der Waals surface area contributed by atoms with E-state index in [1.807, 2.05) is 24.3 Å². The van der Waals surface area contributed by atoms with Gasteiger partial charge in [0, 0.05) is 59.9 Å². The number of carbonyl (C=O) groups is 1. The molecule has 3 aromatic heterocycles. The summed E-state index contributed by atoms with van der Waals surface area (Å²) < 4.78 is 58.5. The number of pyridine rings is 2. The molecule has 0 bridgehead atoms. The van der Waals surface area contributed by atoms with Crippen molar-refractivity contribution in [2.75, 3.05) is 31.2 Å². The Labute approximate surface area is 256 Å². The summed E-state index contributed by atoms with van der Waals surface area (Å²) in [6.45, 7) is 2.59. The molecule has 5 heterocycles. The van der Waals surface area contributed by atoms with Gasteiger partial charge in [-0.2, -0.15) is 13.2 Å². The average molecular weight is 621 g/mol. The van der Waals surface area contributed by atoms with E-state index in [9.17, 15) is 23.1 Å². The van der Waals surface area contributed by atoms with Gasteiger partial charge in [-0.15, -0.1) is 0 Å². The zero-order valence-corrected chi connectivity index (χ0v) is 24.3. The van der Waals surface area contributed by atoms with Crippen molar-refractivity contribution in [3.8, 4) is 17.0 Å². The van der Waals surface area contributed by atoms with Gasteiger partial charge in [0.15, 0.2) is 11.4 Å². The van der Waals surface area contributed by atoms with E-state index >= 15 is 0 Å². The lowest BCUT2D eigenvalue weighted by Crippen LogP contribution is -2.33. The van der Waals surface area contributed by atoms with Crippen molar-refractivity contribution in [1.82, 2.24) is 15.1 Å². The molecule has 3 aliphatic rings. The summed E-state index contributed by atoms with van der Waals surface area (Å²) in [7, 11) is 0. The van der Waals surface area contributed by atoms with Crippen LogP contribution in [0.5, 0.6) is 5.75 Å². The lowest BCUT2D eigenvalue weighted by molar-refractivity contribution is -0.140. The molecule has 0 unspecified atom stereocenters. The average Bonchev–Trinajstić information content (AvgIpc) is 3.58. The van der Waals surface area contributed by atoms with Crippen LogP contribution in [0.3, 0.4) is 0 Å². The molecule has 234 valence electrons. The molecule has 2 aliphatic heterocycles. The van der Waals surface area contributed by atoms with Crippen LogP contribution in [-0.2, 0) is 10.9 Å². The Morgan fingerprint density at radius 1 is 1.09 bits per heavy atom. The van der Waals surface area contributed by atoms with Crippen LogP contribution in [0, 0.1) is 5.92 Å². The van der Waals surface area contributed by atoms with Gasteiger partial charge in [-0.05, 0) is 61.9 Å². The summed E-state index contributed by atoms with van der Waals surface area (Å²) >= 11 is 0. The van der Waals surface area contributed by atoms with Crippen LogP contribution in [-0.4, -0.2) is 58.6 Å². The maximum absolute atomic E-state index is 13.8. The van der Waals surface area contributed by atoms with Gasteiger partial charge in [0.1, 0.15) is 23.3 Å². The SMILES string of the molecule is O=C(O)c1cc(O[C@@H]2CCOC2)c2cc(N3CCC(/C=C/c4c(-c5cccnc5C(F)(F)F)noc4C4CC4)CC3)ccc2n1. The number of aromatic nitrogens is 3. The molecular weight excluding hydrogens is 589 g/mol. The number of halogens is 3. The quantitative estimate of drug-likeness (QED) is 0.223. The first kappa shape index (κ1) is 29.3. The van der Waals surface area contributed by atoms with Crippen LogP contribution in [0.25, 0.3) is 28.2 Å². The number of aromatic carboxylic acids is 1. The maximum Gasteiger partial charge on any atom is 0.434 e. The third kappa shape index (κ3) is 6.11. The minimum Gasteiger partial charge on any atom is -0.487 e. The topological polar surface area (TPSA) is 111 Å². The van der Waals surface area contributed by atoms with Crippen LogP contribution in [0.2, 0.25) is 0 Å². The van der Waals surface area contributed by atoms with Gasteiger partial charge in [0.2, 0.25) is 0 Å². The van der Waals surface area contributed by atoms with E-state index in [-0.39, 0.29) is 34.9 Å². The Bertz CT molecular complexity index is 1750. The van der Waals surface area contributed by atoms with E-state index in [0.717, 1.165) is 62.5 Å². The number of fused-ring (bicyclic) bond motifs is 1. The summed E-state index contributed by atoms with van der Waals surface area (Å²) in [6, 6.07) is 10.1. The third-order valence-electron chi connectivity index (χ3n) is 8.63. The van der Waals surface area contributed by atoms with Crippen molar-refractivity contribution < 1.29 is 37.1 Å². The highest BCUT2D eigenvalue weighted by molar-refractivity contribution is 5.94. The number of alkyl halides is 3. The number of carboxylic acid groups (broad SMARTS) is 1. The molecule has 2 saturated heterocycles. The predicted octanol–water partition coefficient (Wildman–Crippen LogP) is 6.98. The van der Waals surface area contributed by atoms with E-state index in [4.69, 9.17) is 14.0 Å².